The zero-order chi connectivity index (χ0) is 19.2. The Bertz CT molecular complexity index is 963. The van der Waals surface area contributed by atoms with Crippen LogP contribution in [0, 0.1) is 0 Å². The number of hydrogen-bond acceptors (Lipinski definition) is 3. The highest BCUT2D eigenvalue weighted by molar-refractivity contribution is 9.10. The lowest BCUT2D eigenvalue weighted by Crippen LogP contribution is -2.30. The standard InChI is InChI=1S/C20H14Br2N2O3/c21-14-5-3-13(4-6-14)12-17(24-20(26)18-2-1-11-27-18)19(25)23-16-9-7-15(22)8-10-16/h1-12H,(H,23,25)(H,24,26)/b17-12-. The monoisotopic (exact) mass is 488 g/mol. The first-order valence-electron chi connectivity index (χ1n) is 7.90. The fourth-order valence-corrected chi connectivity index (χ4v) is 2.74. The molecular formula is C20H14Br2N2O3. The average Bonchev–Trinajstić information content (AvgIpc) is 3.19. The molecule has 0 aliphatic heterocycles. The van der Waals surface area contributed by atoms with E-state index >= 15 is 0 Å². The Labute approximate surface area is 172 Å². The first-order chi connectivity index (χ1) is 13.0. The Kier molecular flexibility index (Phi) is 6.26. The molecule has 0 saturated heterocycles. The summed E-state index contributed by atoms with van der Waals surface area (Å²) in [6, 6.07) is 17.6. The van der Waals surface area contributed by atoms with Crippen LogP contribution in [0.1, 0.15) is 16.1 Å². The third-order valence-corrected chi connectivity index (χ3v) is 4.58. The minimum absolute atomic E-state index is 0.0987. The van der Waals surface area contributed by atoms with Crippen molar-refractivity contribution < 1.29 is 14.0 Å². The number of carbonyl (C=O) groups is 2. The number of anilines is 1. The Balaban J connectivity index is 1.85. The number of carbonyl (C=O) groups excluding carboxylic acids is 2. The van der Waals surface area contributed by atoms with Crippen LogP contribution in [-0.2, 0) is 4.79 Å². The highest BCUT2D eigenvalue weighted by Gasteiger charge is 2.16. The molecule has 0 bridgehead atoms. The van der Waals surface area contributed by atoms with E-state index in [0.29, 0.717) is 5.69 Å². The van der Waals surface area contributed by atoms with Gasteiger partial charge in [-0.1, -0.05) is 44.0 Å². The second-order valence-corrected chi connectivity index (χ2v) is 7.33. The van der Waals surface area contributed by atoms with Gasteiger partial charge in [-0.25, -0.2) is 0 Å². The number of hydrogen-bond donors (Lipinski definition) is 2. The van der Waals surface area contributed by atoms with E-state index in [1.54, 1.807) is 24.3 Å². The van der Waals surface area contributed by atoms with Crippen LogP contribution < -0.4 is 10.6 Å². The lowest BCUT2D eigenvalue weighted by molar-refractivity contribution is -0.113. The van der Waals surface area contributed by atoms with Crippen LogP contribution in [-0.4, -0.2) is 11.8 Å². The topological polar surface area (TPSA) is 71.3 Å². The summed E-state index contributed by atoms with van der Waals surface area (Å²) < 4.78 is 6.91. The van der Waals surface area contributed by atoms with Gasteiger partial charge >= 0.3 is 0 Å². The molecule has 0 unspecified atom stereocenters. The smallest absolute Gasteiger partial charge is 0.291 e. The molecule has 0 atom stereocenters. The number of amides is 2. The highest BCUT2D eigenvalue weighted by atomic mass is 79.9. The summed E-state index contributed by atoms with van der Waals surface area (Å²) in [5, 5.41) is 5.38. The van der Waals surface area contributed by atoms with Gasteiger partial charge in [0.1, 0.15) is 5.70 Å². The van der Waals surface area contributed by atoms with Gasteiger partial charge in [0.05, 0.1) is 6.26 Å². The molecule has 0 radical (unpaired) electrons. The average molecular weight is 490 g/mol. The summed E-state index contributed by atoms with van der Waals surface area (Å²) in [6.45, 7) is 0. The largest absolute Gasteiger partial charge is 0.459 e. The predicted molar refractivity (Wildman–Crippen MR) is 111 cm³/mol. The molecule has 0 saturated carbocycles. The van der Waals surface area contributed by atoms with Gasteiger partial charge in [-0.3, -0.25) is 9.59 Å². The molecule has 1 aromatic heterocycles. The van der Waals surface area contributed by atoms with E-state index in [1.165, 1.54) is 12.3 Å². The first-order valence-corrected chi connectivity index (χ1v) is 9.49. The van der Waals surface area contributed by atoms with Gasteiger partial charge in [0.15, 0.2) is 5.76 Å². The number of halogens is 2. The molecular weight excluding hydrogens is 476 g/mol. The van der Waals surface area contributed by atoms with E-state index in [-0.39, 0.29) is 11.5 Å². The predicted octanol–water partition coefficient (Wildman–Crippen LogP) is 5.21. The summed E-state index contributed by atoms with van der Waals surface area (Å²) >= 11 is 6.72. The maximum atomic E-state index is 12.7. The summed E-state index contributed by atoms with van der Waals surface area (Å²) in [7, 11) is 0. The van der Waals surface area contributed by atoms with Gasteiger partial charge < -0.3 is 15.1 Å². The molecule has 0 aliphatic rings. The summed E-state index contributed by atoms with van der Waals surface area (Å²) in [6.07, 6.45) is 3.00. The highest BCUT2D eigenvalue weighted by Crippen LogP contribution is 2.16. The number of rotatable bonds is 5. The Hall–Kier alpha value is -2.64. The molecule has 2 amide bonds. The molecule has 27 heavy (non-hydrogen) atoms. The van der Waals surface area contributed by atoms with Crippen molar-refractivity contribution in [2.24, 2.45) is 0 Å². The summed E-state index contributed by atoms with van der Waals surface area (Å²) in [4.78, 5) is 25.1. The molecule has 2 N–H and O–H groups in total. The van der Waals surface area contributed by atoms with Crippen LogP contribution in [0.25, 0.3) is 6.08 Å². The number of nitrogens with one attached hydrogen (secondary N) is 2. The number of furan rings is 1. The van der Waals surface area contributed by atoms with Crippen molar-refractivity contribution in [1.29, 1.82) is 0 Å². The fraction of sp³-hybridized carbons (Fsp3) is 0. The maximum absolute atomic E-state index is 12.7. The van der Waals surface area contributed by atoms with Crippen molar-refractivity contribution in [2.45, 2.75) is 0 Å². The minimum atomic E-state index is -0.505. The Morgan fingerprint density at radius 2 is 1.52 bits per heavy atom. The molecule has 0 aliphatic carbocycles. The second-order valence-electron chi connectivity index (χ2n) is 5.50. The van der Waals surface area contributed by atoms with Crippen molar-refractivity contribution in [3.8, 4) is 0 Å². The maximum Gasteiger partial charge on any atom is 0.291 e. The Morgan fingerprint density at radius 1 is 0.889 bits per heavy atom. The third kappa shape index (κ3) is 5.42. The van der Waals surface area contributed by atoms with Gasteiger partial charge in [-0.05, 0) is 60.2 Å². The van der Waals surface area contributed by atoms with Gasteiger partial charge in [-0.2, -0.15) is 0 Å². The molecule has 5 nitrogen and oxygen atoms in total. The van der Waals surface area contributed by atoms with Gasteiger partial charge in [0.25, 0.3) is 11.8 Å². The van der Waals surface area contributed by atoms with Crippen LogP contribution >= 0.6 is 31.9 Å². The molecule has 3 aromatic rings. The minimum Gasteiger partial charge on any atom is -0.459 e. The zero-order valence-electron chi connectivity index (χ0n) is 13.9. The third-order valence-electron chi connectivity index (χ3n) is 3.52. The second kappa shape index (κ2) is 8.83. The lowest BCUT2D eigenvalue weighted by atomic mass is 10.2. The van der Waals surface area contributed by atoms with Crippen molar-refractivity contribution in [3.63, 3.8) is 0 Å². The van der Waals surface area contributed by atoms with E-state index in [2.05, 4.69) is 42.5 Å². The zero-order valence-corrected chi connectivity index (χ0v) is 17.1. The SMILES string of the molecule is O=C(Nc1ccc(Br)cc1)/C(=C/c1ccc(Br)cc1)NC(=O)c1ccco1. The lowest BCUT2D eigenvalue weighted by Gasteiger charge is -2.10. The molecule has 0 spiro atoms. The summed E-state index contributed by atoms with van der Waals surface area (Å²) in [5.41, 5.74) is 1.47. The van der Waals surface area contributed by atoms with Crippen LogP contribution in [0.15, 0.2) is 86.0 Å². The van der Waals surface area contributed by atoms with E-state index in [9.17, 15) is 9.59 Å². The molecule has 136 valence electrons. The van der Waals surface area contributed by atoms with E-state index < -0.39 is 11.8 Å². The van der Waals surface area contributed by atoms with Gasteiger partial charge in [0, 0.05) is 14.6 Å². The fourth-order valence-electron chi connectivity index (χ4n) is 2.21. The van der Waals surface area contributed by atoms with E-state index in [1.807, 2.05) is 36.4 Å². The van der Waals surface area contributed by atoms with Crippen LogP contribution in [0.3, 0.4) is 0 Å². The van der Waals surface area contributed by atoms with Crippen molar-refractivity contribution in [3.05, 3.63) is 92.9 Å². The van der Waals surface area contributed by atoms with Gasteiger partial charge in [-0.15, -0.1) is 0 Å². The normalized spacial score (nSPS) is 11.1. The van der Waals surface area contributed by atoms with Crippen LogP contribution in [0.5, 0.6) is 0 Å². The van der Waals surface area contributed by atoms with Crippen LogP contribution in [0.4, 0.5) is 5.69 Å². The molecule has 2 aromatic carbocycles. The Morgan fingerprint density at radius 3 is 2.11 bits per heavy atom. The van der Waals surface area contributed by atoms with Gasteiger partial charge in [0.2, 0.25) is 0 Å². The molecule has 1 heterocycles. The van der Waals surface area contributed by atoms with E-state index in [4.69, 9.17) is 4.42 Å². The van der Waals surface area contributed by atoms with E-state index in [0.717, 1.165) is 14.5 Å². The quantitative estimate of drug-likeness (QED) is 0.483. The molecule has 3 rings (SSSR count). The number of benzene rings is 2. The first kappa shape index (κ1) is 19.1. The molecule has 0 fully saturated rings. The van der Waals surface area contributed by atoms with Crippen molar-refractivity contribution >= 4 is 55.4 Å². The van der Waals surface area contributed by atoms with Crippen LogP contribution in [0.2, 0.25) is 0 Å². The summed E-state index contributed by atoms with van der Waals surface area (Å²) in [5.74, 6) is -0.831. The van der Waals surface area contributed by atoms with Crippen molar-refractivity contribution in [2.75, 3.05) is 5.32 Å². The van der Waals surface area contributed by atoms with Crippen molar-refractivity contribution in [1.82, 2.24) is 5.32 Å². The molecule has 7 heteroatoms.